The summed E-state index contributed by atoms with van der Waals surface area (Å²) >= 11 is 0. The topological polar surface area (TPSA) is 244 Å². The highest BCUT2D eigenvalue weighted by Crippen LogP contribution is 2.41. The molecule has 3 aliphatic rings. The molecule has 19 nitrogen and oxygen atoms in total. The molecule has 3 saturated heterocycles. The Morgan fingerprint density at radius 1 is 0.923 bits per heavy atom. The molecule has 0 spiro atoms. The van der Waals surface area contributed by atoms with Crippen LogP contribution in [0.2, 0.25) is 0 Å². The molecule has 3 heterocycles. The molecule has 0 radical (unpaired) electrons. The number of nitro benzene ring substituents is 1. The number of benzene rings is 1. The lowest BCUT2D eigenvalue weighted by Crippen LogP contribution is -2.61. The van der Waals surface area contributed by atoms with Crippen LogP contribution in [-0.2, 0) is 58.7 Å². The summed E-state index contributed by atoms with van der Waals surface area (Å²) in [7, 11) is 6.69. The molecule has 0 saturated carbocycles. The van der Waals surface area contributed by atoms with Crippen LogP contribution in [0.25, 0.3) is 0 Å². The Morgan fingerprint density at radius 2 is 1.52 bits per heavy atom. The van der Waals surface area contributed by atoms with Gasteiger partial charge in [-0.3, -0.25) is 24.5 Å². The van der Waals surface area contributed by atoms with E-state index in [1.54, 1.807) is 41.5 Å². The van der Waals surface area contributed by atoms with Gasteiger partial charge in [0.2, 0.25) is 5.91 Å². The molecular formula is C46H75N3O16. The van der Waals surface area contributed by atoms with E-state index in [1.165, 1.54) is 52.3 Å². The number of likely N-dealkylation sites (N-methyl/N-ethyl adjacent to an activating group) is 1. The quantitative estimate of drug-likeness (QED) is 0.133. The zero-order valence-electron chi connectivity index (χ0n) is 40.5. The van der Waals surface area contributed by atoms with Crippen molar-refractivity contribution in [1.29, 1.82) is 0 Å². The van der Waals surface area contributed by atoms with E-state index >= 15 is 0 Å². The average molecular weight is 926 g/mol. The molecule has 4 rings (SSSR count). The first-order valence-electron chi connectivity index (χ1n) is 22.6. The highest BCUT2D eigenvalue weighted by Gasteiger charge is 2.54. The van der Waals surface area contributed by atoms with E-state index in [0.29, 0.717) is 12.0 Å². The minimum absolute atomic E-state index is 0.00724. The van der Waals surface area contributed by atoms with Crippen molar-refractivity contribution in [3.8, 4) is 0 Å². The van der Waals surface area contributed by atoms with Crippen molar-refractivity contribution in [3.05, 3.63) is 39.9 Å². The first-order chi connectivity index (χ1) is 30.2. The third-order valence-electron chi connectivity index (χ3n) is 13.8. The first kappa shape index (κ1) is 54.2. The Morgan fingerprint density at radius 3 is 2.08 bits per heavy atom. The summed E-state index contributed by atoms with van der Waals surface area (Å²) in [5.41, 5.74) is -4.13. The maximum Gasteiger partial charge on any atom is 0.311 e. The second kappa shape index (κ2) is 22.2. The number of ether oxygens (including phenoxy) is 8. The highest BCUT2D eigenvalue weighted by atomic mass is 16.7. The van der Waals surface area contributed by atoms with Gasteiger partial charge in [0.25, 0.3) is 5.69 Å². The number of aliphatic hydroxyl groups excluding tert-OH is 2. The number of methoxy groups -OCH3 is 2. The van der Waals surface area contributed by atoms with E-state index < -0.39 is 119 Å². The van der Waals surface area contributed by atoms with Crippen LogP contribution in [0, 0.1) is 27.9 Å². The fourth-order valence-corrected chi connectivity index (χ4v) is 9.74. The summed E-state index contributed by atoms with van der Waals surface area (Å²) in [6, 6.07) is 4.66. The van der Waals surface area contributed by atoms with Crippen LogP contribution in [-0.4, -0.2) is 162 Å². The molecule has 65 heavy (non-hydrogen) atoms. The van der Waals surface area contributed by atoms with Crippen LogP contribution in [0.5, 0.6) is 0 Å². The zero-order valence-corrected chi connectivity index (χ0v) is 40.5. The summed E-state index contributed by atoms with van der Waals surface area (Å²) in [6.07, 6.45) is -9.88. The maximum absolute atomic E-state index is 14.5. The van der Waals surface area contributed by atoms with Gasteiger partial charge in [-0.05, 0) is 87.4 Å². The SMILES string of the molecule is CC[C@H]1OC(=O)[C@H](C)[C@H](O[C@H]2C[C@@](C)(OC)[C@@H](OC(=O)Cc3ccc([N+](=O)[O-])cc3)[C@H](C)O2)[C@H](C)[C@@H](O[C@@H]2O[C@H](C)C[C@H](N(C)C)[C@H]2O)[C@@](C)(OC)C[C@@H](C)NC(=O)[C@H](C)[C@@H](O)[C@]1(C)O. The van der Waals surface area contributed by atoms with Crippen LogP contribution in [0.3, 0.4) is 0 Å². The summed E-state index contributed by atoms with van der Waals surface area (Å²) in [6.45, 7) is 16.8. The van der Waals surface area contributed by atoms with Crippen molar-refractivity contribution in [3.63, 3.8) is 0 Å². The van der Waals surface area contributed by atoms with Crippen LogP contribution >= 0.6 is 0 Å². The predicted octanol–water partition coefficient (Wildman–Crippen LogP) is 3.44. The van der Waals surface area contributed by atoms with Gasteiger partial charge in [0.05, 0.1) is 59.3 Å². The van der Waals surface area contributed by atoms with Gasteiger partial charge in [0, 0.05) is 50.8 Å². The lowest BCUT2D eigenvalue weighted by molar-refractivity contribution is -0.384. The second-order valence-corrected chi connectivity index (χ2v) is 19.3. The van der Waals surface area contributed by atoms with E-state index in [0.717, 1.165) is 0 Å². The molecule has 3 fully saturated rings. The molecule has 1 aromatic rings. The predicted molar refractivity (Wildman–Crippen MR) is 235 cm³/mol. The molecule has 4 N–H and O–H groups in total. The Labute approximate surface area is 383 Å². The molecule has 3 aliphatic heterocycles. The van der Waals surface area contributed by atoms with Crippen molar-refractivity contribution in [2.45, 2.75) is 192 Å². The van der Waals surface area contributed by atoms with Gasteiger partial charge in [-0.2, -0.15) is 0 Å². The van der Waals surface area contributed by atoms with Crippen LogP contribution < -0.4 is 5.32 Å². The lowest BCUT2D eigenvalue weighted by Gasteiger charge is -2.50. The molecule has 0 aliphatic carbocycles. The van der Waals surface area contributed by atoms with Gasteiger partial charge in [0.15, 0.2) is 18.7 Å². The molecule has 0 bridgehead atoms. The van der Waals surface area contributed by atoms with Crippen molar-refractivity contribution in [2.75, 3.05) is 28.3 Å². The Balaban J connectivity index is 1.78. The van der Waals surface area contributed by atoms with Gasteiger partial charge in [-0.15, -0.1) is 0 Å². The monoisotopic (exact) mass is 926 g/mol. The Hall–Kier alpha value is -3.37. The van der Waals surface area contributed by atoms with Crippen molar-refractivity contribution in [2.24, 2.45) is 17.8 Å². The zero-order chi connectivity index (χ0) is 48.9. The van der Waals surface area contributed by atoms with Crippen molar-refractivity contribution < 1.29 is 72.5 Å². The number of hydrogen-bond acceptors (Lipinski definition) is 17. The summed E-state index contributed by atoms with van der Waals surface area (Å²) in [4.78, 5) is 54.0. The molecule has 370 valence electrons. The molecule has 1 amide bonds. The van der Waals surface area contributed by atoms with E-state index in [1.807, 2.05) is 32.8 Å². The Kier molecular flexibility index (Phi) is 18.5. The number of nitrogens with one attached hydrogen (secondary N) is 1. The number of hydrogen-bond donors (Lipinski definition) is 4. The molecule has 18 atom stereocenters. The number of nitrogens with zero attached hydrogens (tertiary/aromatic N) is 2. The summed E-state index contributed by atoms with van der Waals surface area (Å²) in [5, 5.41) is 49.0. The number of carbonyl (C=O) groups excluding carboxylic acids is 3. The van der Waals surface area contributed by atoms with Gasteiger partial charge in [-0.1, -0.05) is 32.9 Å². The number of non-ortho nitro benzene ring substituents is 1. The van der Waals surface area contributed by atoms with E-state index in [2.05, 4.69) is 5.32 Å². The number of aliphatic hydroxyl groups is 3. The number of amides is 1. The minimum atomic E-state index is -2.06. The number of nitro groups is 1. The van der Waals surface area contributed by atoms with E-state index in [9.17, 15) is 39.8 Å². The molecule has 1 aromatic carbocycles. The largest absolute Gasteiger partial charge is 0.459 e. The molecule has 0 unspecified atom stereocenters. The van der Waals surface area contributed by atoms with E-state index in [-0.39, 0.29) is 43.5 Å². The van der Waals surface area contributed by atoms with Gasteiger partial charge >= 0.3 is 11.9 Å². The maximum atomic E-state index is 14.5. The molecule has 19 heteroatoms. The Bertz CT molecular complexity index is 1770. The number of esters is 2. The number of carbonyl (C=O) groups is 3. The lowest BCUT2D eigenvalue weighted by atomic mass is 9.78. The summed E-state index contributed by atoms with van der Waals surface area (Å²) < 4.78 is 50.9. The minimum Gasteiger partial charge on any atom is -0.459 e. The van der Waals surface area contributed by atoms with Crippen LogP contribution in [0.1, 0.15) is 100 Å². The number of cyclic esters (lactones) is 1. The third-order valence-corrected chi connectivity index (χ3v) is 13.8. The third kappa shape index (κ3) is 12.6. The highest BCUT2D eigenvalue weighted by molar-refractivity contribution is 5.79. The molecule has 0 aromatic heterocycles. The number of rotatable bonds is 12. The fraction of sp³-hybridized carbons (Fsp3) is 0.804. The summed E-state index contributed by atoms with van der Waals surface area (Å²) in [5.74, 6) is -5.00. The van der Waals surface area contributed by atoms with E-state index in [4.69, 9.17) is 37.9 Å². The van der Waals surface area contributed by atoms with Gasteiger partial charge in [0.1, 0.15) is 23.4 Å². The van der Waals surface area contributed by atoms with Crippen molar-refractivity contribution >= 4 is 23.5 Å². The van der Waals surface area contributed by atoms with Gasteiger partial charge < -0.3 is 63.4 Å². The second-order valence-electron chi connectivity index (χ2n) is 19.3. The van der Waals surface area contributed by atoms with Crippen LogP contribution in [0.15, 0.2) is 24.3 Å². The normalized spacial score (nSPS) is 41.4. The molecular weight excluding hydrogens is 851 g/mol. The van der Waals surface area contributed by atoms with Crippen molar-refractivity contribution in [1.82, 2.24) is 10.2 Å². The standard InChI is InChI=1S/C46H75N3O16/c1-15-33-46(10,55)38(52)28(6)41(53)47-24(2)22-44(8,58-13)39(65-43-36(51)32(48(11)12)20-25(3)60-43)26(4)37(27(5)42(54)62-33)64-35-23-45(9,59-14)40(29(7)61-35)63-34(50)21-30-16-18-31(19-17-30)49(56)57/h16-19,24-29,32-33,35-40,43,51-52,55H,15,20-23H2,1-14H3,(H,47,53)/t24-,25-,26+,27-,28-,29+,32+,33-,35+,36-,37-,38-,39-,40+,43+,44+,45-,46-/m1/s1. The van der Waals surface area contributed by atoms with Crippen LogP contribution in [0.4, 0.5) is 5.69 Å². The first-order valence-corrected chi connectivity index (χ1v) is 22.6. The average Bonchev–Trinajstić information content (AvgIpc) is 3.24. The van der Waals surface area contributed by atoms with Gasteiger partial charge in [-0.25, -0.2) is 0 Å². The fourth-order valence-electron chi connectivity index (χ4n) is 9.74. The smallest absolute Gasteiger partial charge is 0.311 e.